The molecule has 2 aromatic carbocycles. The van der Waals surface area contributed by atoms with E-state index < -0.39 is 0 Å². The van der Waals surface area contributed by atoms with Crippen molar-refractivity contribution < 1.29 is 4.42 Å². The van der Waals surface area contributed by atoms with Crippen LogP contribution in [0.3, 0.4) is 0 Å². The molecule has 4 heteroatoms. The summed E-state index contributed by atoms with van der Waals surface area (Å²) < 4.78 is 6.90. The summed E-state index contributed by atoms with van der Waals surface area (Å²) in [6.45, 7) is 2.12. The minimum absolute atomic E-state index is 0.583. The Morgan fingerprint density at radius 1 is 1.21 bits per heavy atom. The van der Waals surface area contributed by atoms with E-state index in [0.29, 0.717) is 11.6 Å². The molecule has 0 aliphatic rings. The number of nitrogen functional groups attached to an aromatic ring is 1. The van der Waals surface area contributed by atoms with Crippen molar-refractivity contribution in [1.82, 2.24) is 4.98 Å². The Kier molecular flexibility index (Phi) is 3.18. The quantitative estimate of drug-likeness (QED) is 0.547. The summed E-state index contributed by atoms with van der Waals surface area (Å²) in [5, 5.41) is 0. The zero-order chi connectivity index (χ0) is 13.4. The first kappa shape index (κ1) is 12.5. The number of hydrogen-bond acceptors (Lipinski definition) is 3. The van der Waals surface area contributed by atoms with E-state index in [4.69, 9.17) is 10.2 Å². The molecule has 96 valence electrons. The van der Waals surface area contributed by atoms with E-state index >= 15 is 0 Å². The van der Waals surface area contributed by atoms with Gasteiger partial charge >= 0.3 is 0 Å². The van der Waals surface area contributed by atoms with Crippen LogP contribution in [0.4, 0.5) is 5.69 Å². The Labute approximate surface area is 125 Å². The zero-order valence-electron chi connectivity index (χ0n) is 10.5. The fraction of sp³-hybridized carbons (Fsp3) is 0.133. The van der Waals surface area contributed by atoms with Gasteiger partial charge in [-0.25, -0.2) is 4.98 Å². The number of hydrogen-bond donors (Lipinski definition) is 1. The SMILES string of the molecule is CCc1ccc2oc(-c3cc(I)ccc3N)nc2c1. The number of benzene rings is 2. The highest BCUT2D eigenvalue weighted by Gasteiger charge is 2.11. The maximum atomic E-state index is 6.00. The first-order valence-electron chi connectivity index (χ1n) is 6.12. The molecular weight excluding hydrogens is 351 g/mol. The third-order valence-corrected chi connectivity index (χ3v) is 3.78. The molecule has 3 nitrogen and oxygen atoms in total. The maximum absolute atomic E-state index is 6.00. The van der Waals surface area contributed by atoms with E-state index in [0.717, 1.165) is 26.7 Å². The van der Waals surface area contributed by atoms with Crippen LogP contribution < -0.4 is 5.73 Å². The van der Waals surface area contributed by atoms with Gasteiger partial charge in [0, 0.05) is 9.26 Å². The van der Waals surface area contributed by atoms with Crippen molar-refractivity contribution in [2.75, 3.05) is 5.73 Å². The van der Waals surface area contributed by atoms with Crippen molar-refractivity contribution in [3.05, 3.63) is 45.5 Å². The van der Waals surface area contributed by atoms with Crippen molar-refractivity contribution in [3.63, 3.8) is 0 Å². The predicted molar refractivity (Wildman–Crippen MR) is 86.0 cm³/mol. The minimum Gasteiger partial charge on any atom is -0.436 e. The fourth-order valence-electron chi connectivity index (χ4n) is 2.02. The number of rotatable bonds is 2. The van der Waals surface area contributed by atoms with Crippen LogP contribution in [0.25, 0.3) is 22.6 Å². The summed E-state index contributed by atoms with van der Waals surface area (Å²) in [7, 11) is 0. The van der Waals surface area contributed by atoms with Crippen LogP contribution >= 0.6 is 22.6 Å². The average Bonchev–Trinajstić information content (AvgIpc) is 2.83. The van der Waals surface area contributed by atoms with Crippen LogP contribution in [0.1, 0.15) is 12.5 Å². The first-order chi connectivity index (χ1) is 9.17. The third kappa shape index (κ3) is 2.32. The van der Waals surface area contributed by atoms with Gasteiger partial charge in [0.1, 0.15) is 5.52 Å². The molecule has 0 fully saturated rings. The van der Waals surface area contributed by atoms with E-state index in [-0.39, 0.29) is 0 Å². The molecule has 3 aromatic rings. The number of halogens is 1. The van der Waals surface area contributed by atoms with Crippen LogP contribution in [-0.2, 0) is 6.42 Å². The van der Waals surface area contributed by atoms with E-state index in [2.05, 4.69) is 46.6 Å². The smallest absolute Gasteiger partial charge is 0.229 e. The number of aryl methyl sites for hydroxylation is 1. The molecule has 0 saturated carbocycles. The van der Waals surface area contributed by atoms with Gasteiger partial charge in [-0.2, -0.15) is 0 Å². The molecule has 1 aromatic heterocycles. The first-order valence-corrected chi connectivity index (χ1v) is 7.20. The molecule has 19 heavy (non-hydrogen) atoms. The third-order valence-electron chi connectivity index (χ3n) is 3.11. The lowest BCUT2D eigenvalue weighted by Gasteiger charge is -2.01. The lowest BCUT2D eigenvalue weighted by atomic mass is 10.1. The lowest BCUT2D eigenvalue weighted by Crippen LogP contribution is -1.90. The Bertz CT molecular complexity index is 749. The largest absolute Gasteiger partial charge is 0.436 e. The number of aromatic nitrogens is 1. The highest BCUT2D eigenvalue weighted by atomic mass is 127. The van der Waals surface area contributed by atoms with Gasteiger partial charge in [0.25, 0.3) is 0 Å². The number of fused-ring (bicyclic) bond motifs is 1. The summed E-state index contributed by atoms with van der Waals surface area (Å²) >= 11 is 2.25. The molecule has 0 unspecified atom stereocenters. The summed E-state index contributed by atoms with van der Waals surface area (Å²) in [6, 6.07) is 11.9. The molecule has 0 bridgehead atoms. The molecule has 3 rings (SSSR count). The summed E-state index contributed by atoms with van der Waals surface area (Å²) in [5.41, 5.74) is 10.5. The van der Waals surface area contributed by atoms with E-state index in [1.54, 1.807) is 0 Å². The highest BCUT2D eigenvalue weighted by Crippen LogP contribution is 2.30. The molecule has 0 spiro atoms. The standard InChI is InChI=1S/C15H13IN2O/c1-2-9-3-6-14-13(7-9)18-15(19-14)11-8-10(16)4-5-12(11)17/h3-8H,2,17H2,1H3. The van der Waals surface area contributed by atoms with Crippen molar-refractivity contribution in [2.24, 2.45) is 0 Å². The van der Waals surface area contributed by atoms with E-state index in [1.165, 1.54) is 5.56 Å². The average molecular weight is 364 g/mol. The van der Waals surface area contributed by atoms with Crippen LogP contribution in [-0.4, -0.2) is 4.98 Å². The van der Waals surface area contributed by atoms with Gasteiger partial charge in [0.15, 0.2) is 5.58 Å². The van der Waals surface area contributed by atoms with E-state index in [9.17, 15) is 0 Å². The Morgan fingerprint density at radius 3 is 2.84 bits per heavy atom. The van der Waals surface area contributed by atoms with Gasteiger partial charge in [0.2, 0.25) is 5.89 Å². The summed E-state index contributed by atoms with van der Waals surface area (Å²) in [6.07, 6.45) is 0.990. The monoisotopic (exact) mass is 364 g/mol. The van der Waals surface area contributed by atoms with Gasteiger partial charge in [-0.3, -0.25) is 0 Å². The molecule has 0 aliphatic heterocycles. The Hall–Kier alpha value is -1.56. The van der Waals surface area contributed by atoms with Crippen LogP contribution in [0, 0.1) is 3.57 Å². The molecule has 0 radical (unpaired) electrons. The minimum atomic E-state index is 0.583. The van der Waals surface area contributed by atoms with Gasteiger partial charge in [0.05, 0.1) is 5.56 Å². The Morgan fingerprint density at radius 2 is 2.05 bits per heavy atom. The molecule has 2 N–H and O–H groups in total. The summed E-state index contributed by atoms with van der Waals surface area (Å²) in [5.74, 6) is 0.583. The normalized spacial score (nSPS) is 11.1. The lowest BCUT2D eigenvalue weighted by molar-refractivity contribution is 0.620. The van der Waals surface area contributed by atoms with Gasteiger partial charge in [-0.05, 0) is 64.9 Å². The molecule has 0 saturated heterocycles. The van der Waals surface area contributed by atoms with Gasteiger partial charge in [-0.15, -0.1) is 0 Å². The zero-order valence-corrected chi connectivity index (χ0v) is 12.6. The van der Waals surface area contributed by atoms with Crippen LogP contribution in [0.2, 0.25) is 0 Å². The van der Waals surface area contributed by atoms with Crippen molar-refractivity contribution in [3.8, 4) is 11.5 Å². The molecule has 0 amide bonds. The van der Waals surface area contributed by atoms with Crippen molar-refractivity contribution >= 4 is 39.4 Å². The van der Waals surface area contributed by atoms with Gasteiger partial charge in [-0.1, -0.05) is 13.0 Å². The topological polar surface area (TPSA) is 52.0 Å². The van der Waals surface area contributed by atoms with Crippen LogP contribution in [0.5, 0.6) is 0 Å². The van der Waals surface area contributed by atoms with Crippen molar-refractivity contribution in [1.29, 1.82) is 0 Å². The molecule has 1 heterocycles. The van der Waals surface area contributed by atoms with Crippen molar-refractivity contribution in [2.45, 2.75) is 13.3 Å². The number of nitrogens with zero attached hydrogens (tertiary/aromatic N) is 1. The van der Waals surface area contributed by atoms with Crippen LogP contribution in [0.15, 0.2) is 40.8 Å². The fourth-order valence-corrected chi connectivity index (χ4v) is 2.51. The molecule has 0 aliphatic carbocycles. The second-order valence-corrected chi connectivity index (χ2v) is 5.65. The number of oxazole rings is 1. The second kappa shape index (κ2) is 4.85. The second-order valence-electron chi connectivity index (χ2n) is 4.41. The molecular formula is C15H13IN2O. The number of nitrogens with two attached hydrogens (primary N) is 1. The predicted octanol–water partition coefficient (Wildman–Crippen LogP) is 4.24. The maximum Gasteiger partial charge on any atom is 0.229 e. The summed E-state index contributed by atoms with van der Waals surface area (Å²) in [4.78, 5) is 4.54. The Balaban J connectivity index is 2.17. The molecule has 0 atom stereocenters. The highest BCUT2D eigenvalue weighted by molar-refractivity contribution is 14.1. The van der Waals surface area contributed by atoms with Gasteiger partial charge < -0.3 is 10.2 Å². The number of anilines is 1. The van der Waals surface area contributed by atoms with E-state index in [1.807, 2.05) is 24.3 Å².